The second-order valence-corrected chi connectivity index (χ2v) is 3.77. The van der Waals surface area contributed by atoms with Gasteiger partial charge in [0, 0.05) is 31.4 Å². The largest absolute Gasteiger partial charge is 0.384 e. The summed E-state index contributed by atoms with van der Waals surface area (Å²) in [4.78, 5) is 10.1. The van der Waals surface area contributed by atoms with E-state index >= 15 is 0 Å². The number of hydrogen-bond acceptors (Lipinski definition) is 4. The predicted molar refractivity (Wildman–Crippen MR) is 66.2 cm³/mol. The molecule has 0 saturated heterocycles. The Labute approximate surface area is 94.8 Å². The number of nitrogen functional groups attached to an aromatic ring is 1. The highest BCUT2D eigenvalue weighted by molar-refractivity contribution is 5.64. The van der Waals surface area contributed by atoms with Crippen LogP contribution in [0.3, 0.4) is 0 Å². The average molecular weight is 214 g/mol. The highest BCUT2D eigenvalue weighted by atomic mass is 15.1. The molecule has 1 heterocycles. The summed E-state index contributed by atoms with van der Waals surface area (Å²) in [6, 6.07) is 9.92. The Kier molecular flexibility index (Phi) is 2.72. The van der Waals surface area contributed by atoms with Crippen molar-refractivity contribution in [2.24, 2.45) is 0 Å². The van der Waals surface area contributed by atoms with Crippen molar-refractivity contribution >= 4 is 11.5 Å². The summed E-state index contributed by atoms with van der Waals surface area (Å²) in [5, 5.41) is 0. The molecule has 0 unspecified atom stereocenters. The van der Waals surface area contributed by atoms with Gasteiger partial charge in [0.15, 0.2) is 0 Å². The van der Waals surface area contributed by atoms with Gasteiger partial charge in [-0.3, -0.25) is 0 Å². The Bertz CT molecular complexity index is 477. The van der Waals surface area contributed by atoms with E-state index < -0.39 is 0 Å². The minimum atomic E-state index is 0.488. The Morgan fingerprint density at radius 2 is 1.75 bits per heavy atom. The molecule has 0 fully saturated rings. The first-order chi connectivity index (χ1) is 7.66. The second kappa shape index (κ2) is 4.18. The third kappa shape index (κ3) is 2.11. The summed E-state index contributed by atoms with van der Waals surface area (Å²) in [7, 11) is 4.02. The lowest BCUT2D eigenvalue weighted by Gasteiger charge is -2.12. The molecule has 2 N–H and O–H groups in total. The highest BCUT2D eigenvalue weighted by Gasteiger charge is 2.01. The number of anilines is 2. The topological polar surface area (TPSA) is 55.0 Å². The maximum atomic E-state index is 5.61. The lowest BCUT2D eigenvalue weighted by atomic mass is 10.1. The van der Waals surface area contributed by atoms with E-state index in [4.69, 9.17) is 5.73 Å². The number of rotatable bonds is 2. The molecule has 0 aliphatic carbocycles. The zero-order valence-corrected chi connectivity index (χ0v) is 9.38. The van der Waals surface area contributed by atoms with Gasteiger partial charge < -0.3 is 10.6 Å². The van der Waals surface area contributed by atoms with Gasteiger partial charge in [-0.1, -0.05) is 12.1 Å². The van der Waals surface area contributed by atoms with Gasteiger partial charge in [0.2, 0.25) is 0 Å². The fraction of sp³-hybridized carbons (Fsp3) is 0.167. The minimum Gasteiger partial charge on any atom is -0.384 e. The molecular formula is C12H14N4. The van der Waals surface area contributed by atoms with E-state index in [0.717, 1.165) is 16.9 Å². The van der Waals surface area contributed by atoms with Crippen LogP contribution < -0.4 is 10.6 Å². The Hall–Kier alpha value is -2.10. The molecule has 0 saturated carbocycles. The maximum Gasteiger partial charge on any atom is 0.127 e. The van der Waals surface area contributed by atoms with E-state index in [0.29, 0.717) is 5.82 Å². The van der Waals surface area contributed by atoms with Crippen molar-refractivity contribution in [3.8, 4) is 11.3 Å². The van der Waals surface area contributed by atoms with E-state index in [2.05, 4.69) is 14.9 Å². The van der Waals surface area contributed by atoms with Gasteiger partial charge in [-0.15, -0.1) is 0 Å². The quantitative estimate of drug-likeness (QED) is 0.828. The van der Waals surface area contributed by atoms with Crippen molar-refractivity contribution in [1.82, 2.24) is 9.97 Å². The number of aromatic nitrogens is 2. The number of benzene rings is 1. The maximum absolute atomic E-state index is 5.61. The summed E-state index contributed by atoms with van der Waals surface area (Å²) in [6.07, 6.45) is 1.48. The molecule has 0 aliphatic rings. The van der Waals surface area contributed by atoms with Gasteiger partial charge in [-0.25, -0.2) is 9.97 Å². The fourth-order valence-corrected chi connectivity index (χ4v) is 1.46. The van der Waals surface area contributed by atoms with E-state index in [9.17, 15) is 0 Å². The fourth-order valence-electron chi connectivity index (χ4n) is 1.46. The highest BCUT2D eigenvalue weighted by Crippen LogP contribution is 2.21. The third-order valence-electron chi connectivity index (χ3n) is 2.37. The van der Waals surface area contributed by atoms with Crippen LogP contribution >= 0.6 is 0 Å². The molecule has 0 amide bonds. The summed E-state index contributed by atoms with van der Waals surface area (Å²) < 4.78 is 0. The number of nitrogens with two attached hydrogens (primary N) is 1. The SMILES string of the molecule is CN(C)c1ccc(-c2cc(N)ncn2)cc1. The molecule has 4 nitrogen and oxygen atoms in total. The summed E-state index contributed by atoms with van der Waals surface area (Å²) in [6.45, 7) is 0. The van der Waals surface area contributed by atoms with Crippen LogP contribution in [0.15, 0.2) is 36.7 Å². The van der Waals surface area contributed by atoms with Crippen molar-refractivity contribution in [3.63, 3.8) is 0 Å². The van der Waals surface area contributed by atoms with Crippen LogP contribution in [-0.2, 0) is 0 Å². The molecule has 0 bridgehead atoms. The van der Waals surface area contributed by atoms with Gasteiger partial charge >= 0.3 is 0 Å². The first kappa shape index (κ1) is 10.4. The molecule has 0 spiro atoms. The standard InChI is InChI=1S/C12H14N4/c1-16(2)10-5-3-9(4-6-10)11-7-12(13)15-8-14-11/h3-8H,1-2H3,(H2,13,14,15). The van der Waals surface area contributed by atoms with Gasteiger partial charge in [0.05, 0.1) is 5.69 Å². The molecule has 1 aromatic carbocycles. The summed E-state index contributed by atoms with van der Waals surface area (Å²) >= 11 is 0. The summed E-state index contributed by atoms with van der Waals surface area (Å²) in [5.74, 6) is 0.488. The van der Waals surface area contributed by atoms with Crippen LogP contribution in [-0.4, -0.2) is 24.1 Å². The van der Waals surface area contributed by atoms with Crippen LogP contribution in [0.2, 0.25) is 0 Å². The van der Waals surface area contributed by atoms with Crippen LogP contribution in [0.1, 0.15) is 0 Å². The monoisotopic (exact) mass is 214 g/mol. The van der Waals surface area contributed by atoms with E-state index in [1.807, 2.05) is 38.4 Å². The van der Waals surface area contributed by atoms with E-state index in [-0.39, 0.29) is 0 Å². The number of hydrogen-bond donors (Lipinski definition) is 1. The minimum absolute atomic E-state index is 0.488. The van der Waals surface area contributed by atoms with Crippen molar-refractivity contribution in [2.75, 3.05) is 24.7 Å². The Morgan fingerprint density at radius 1 is 1.06 bits per heavy atom. The van der Waals surface area contributed by atoms with Gasteiger partial charge in [0.1, 0.15) is 12.1 Å². The van der Waals surface area contributed by atoms with Crippen LogP contribution in [0, 0.1) is 0 Å². The number of nitrogens with zero attached hydrogens (tertiary/aromatic N) is 3. The first-order valence-electron chi connectivity index (χ1n) is 5.02. The smallest absolute Gasteiger partial charge is 0.127 e. The van der Waals surface area contributed by atoms with Crippen LogP contribution in [0.4, 0.5) is 11.5 Å². The third-order valence-corrected chi connectivity index (χ3v) is 2.37. The van der Waals surface area contributed by atoms with Crippen molar-refractivity contribution in [1.29, 1.82) is 0 Å². The zero-order valence-electron chi connectivity index (χ0n) is 9.38. The lowest BCUT2D eigenvalue weighted by Crippen LogP contribution is -2.07. The van der Waals surface area contributed by atoms with Crippen LogP contribution in [0.5, 0.6) is 0 Å². The average Bonchev–Trinajstić information content (AvgIpc) is 2.29. The molecule has 0 atom stereocenters. The summed E-state index contributed by atoms with van der Waals surface area (Å²) in [5.41, 5.74) is 8.66. The molecule has 2 aromatic rings. The first-order valence-corrected chi connectivity index (χ1v) is 5.02. The second-order valence-electron chi connectivity index (χ2n) is 3.77. The van der Waals surface area contributed by atoms with Gasteiger partial charge in [-0.2, -0.15) is 0 Å². The molecule has 1 aromatic heterocycles. The van der Waals surface area contributed by atoms with Crippen molar-refractivity contribution in [2.45, 2.75) is 0 Å². The van der Waals surface area contributed by atoms with Crippen molar-refractivity contribution < 1.29 is 0 Å². The Morgan fingerprint density at radius 3 is 2.31 bits per heavy atom. The molecule has 82 valence electrons. The molecule has 2 rings (SSSR count). The zero-order chi connectivity index (χ0) is 11.5. The lowest BCUT2D eigenvalue weighted by molar-refractivity contribution is 1.13. The molecule has 16 heavy (non-hydrogen) atoms. The molecule has 0 radical (unpaired) electrons. The molecular weight excluding hydrogens is 200 g/mol. The molecule has 0 aliphatic heterocycles. The van der Waals surface area contributed by atoms with Gasteiger partial charge in [-0.05, 0) is 12.1 Å². The normalized spacial score (nSPS) is 10.1. The van der Waals surface area contributed by atoms with E-state index in [1.165, 1.54) is 6.33 Å². The Balaban J connectivity index is 2.35. The van der Waals surface area contributed by atoms with Crippen molar-refractivity contribution in [3.05, 3.63) is 36.7 Å². The van der Waals surface area contributed by atoms with E-state index in [1.54, 1.807) is 6.07 Å². The van der Waals surface area contributed by atoms with Crippen LogP contribution in [0.25, 0.3) is 11.3 Å². The van der Waals surface area contributed by atoms with Gasteiger partial charge in [0.25, 0.3) is 0 Å². The predicted octanol–water partition coefficient (Wildman–Crippen LogP) is 1.79. The molecule has 4 heteroatoms.